The summed E-state index contributed by atoms with van der Waals surface area (Å²) in [6.45, 7) is 20.1. The predicted molar refractivity (Wildman–Crippen MR) is 235 cm³/mol. The summed E-state index contributed by atoms with van der Waals surface area (Å²) in [4.78, 5) is 5.35. The fourth-order valence-corrected chi connectivity index (χ4v) is 7.94. The number of fused-ring (bicyclic) bond motifs is 4. The maximum atomic E-state index is 8.66. The van der Waals surface area contributed by atoms with Crippen LogP contribution in [0.2, 0.25) is 0 Å². The molecule has 55 heavy (non-hydrogen) atoms. The van der Waals surface area contributed by atoms with E-state index in [0.717, 1.165) is 38.8 Å². The zero-order valence-corrected chi connectivity index (χ0v) is 33.9. The average molecular weight is 726 g/mol. The lowest BCUT2D eigenvalue weighted by Crippen LogP contribution is -2.16. The molecular weight excluding hydrogens is 669 g/mol. The number of furan rings is 1. The molecule has 0 bridgehead atoms. The number of para-hydroxylation sites is 2. The van der Waals surface area contributed by atoms with Crippen LogP contribution in [0.15, 0.2) is 120 Å². The van der Waals surface area contributed by atoms with Crippen LogP contribution in [0.25, 0.3) is 72.3 Å². The van der Waals surface area contributed by atoms with Gasteiger partial charge in [0.2, 0.25) is 0 Å². The molecule has 0 atom stereocenters. The van der Waals surface area contributed by atoms with Gasteiger partial charge in [0.1, 0.15) is 17.0 Å². The van der Waals surface area contributed by atoms with Crippen LogP contribution in [-0.2, 0) is 10.8 Å². The van der Waals surface area contributed by atoms with E-state index in [1.54, 1.807) is 6.07 Å². The van der Waals surface area contributed by atoms with Gasteiger partial charge in [0, 0.05) is 14.9 Å². The summed E-state index contributed by atoms with van der Waals surface area (Å²) in [5.41, 5.74) is 14.5. The average Bonchev–Trinajstić information content (AvgIpc) is 3.74. The standard InChI is InChI=1S/C52H54N2O/c1-31(2)42-27-37(34-17-13-12-14-18-34)28-43(32(3)4)48(42)54-45-20-16-15-19-44(45)53-50(54)41-23-21-33(5)47-40-24-22-35(29-46(40)55-49(41)47)36-25-38(51(6,7)8)30-39(26-36)52(9,10)11/h12-32H,1-11H3/i5D3. The zero-order chi connectivity index (χ0) is 41.5. The molecule has 0 radical (unpaired) electrons. The van der Waals surface area contributed by atoms with E-state index in [2.05, 4.69) is 159 Å². The summed E-state index contributed by atoms with van der Waals surface area (Å²) in [5.74, 6) is 1.11. The summed E-state index contributed by atoms with van der Waals surface area (Å²) in [6.07, 6.45) is 0. The highest BCUT2D eigenvalue weighted by Crippen LogP contribution is 2.44. The Kier molecular flexibility index (Phi) is 8.04. The first kappa shape index (κ1) is 33.0. The van der Waals surface area contributed by atoms with Crippen LogP contribution < -0.4 is 0 Å². The fourth-order valence-electron chi connectivity index (χ4n) is 7.94. The van der Waals surface area contributed by atoms with Crippen molar-refractivity contribution in [3.63, 3.8) is 0 Å². The van der Waals surface area contributed by atoms with E-state index in [0.29, 0.717) is 22.4 Å². The number of aromatic nitrogens is 2. The normalized spacial score (nSPS) is 13.6. The Hall–Kier alpha value is -5.41. The van der Waals surface area contributed by atoms with Crippen LogP contribution in [-0.4, -0.2) is 9.55 Å². The van der Waals surface area contributed by atoms with Gasteiger partial charge < -0.3 is 4.42 Å². The smallest absolute Gasteiger partial charge is 0.149 e. The fraction of sp³-hybridized carbons (Fsp3) is 0.288. The second-order valence-electron chi connectivity index (χ2n) is 17.9. The molecule has 8 aromatic rings. The van der Waals surface area contributed by atoms with E-state index in [4.69, 9.17) is 13.5 Å². The van der Waals surface area contributed by atoms with E-state index in [1.807, 2.05) is 24.3 Å². The predicted octanol–water partition coefficient (Wildman–Crippen LogP) is 15.1. The van der Waals surface area contributed by atoms with E-state index < -0.39 is 6.85 Å². The van der Waals surface area contributed by atoms with Gasteiger partial charge in [-0.2, -0.15) is 0 Å². The second-order valence-corrected chi connectivity index (χ2v) is 17.9. The Balaban J connectivity index is 1.43. The van der Waals surface area contributed by atoms with Gasteiger partial charge in [-0.1, -0.05) is 142 Å². The largest absolute Gasteiger partial charge is 0.455 e. The topological polar surface area (TPSA) is 31.0 Å². The second kappa shape index (κ2) is 13.4. The van der Waals surface area contributed by atoms with Crippen molar-refractivity contribution >= 4 is 33.0 Å². The third-order valence-electron chi connectivity index (χ3n) is 11.2. The summed E-state index contributed by atoms with van der Waals surface area (Å²) in [6, 6.07) is 40.2. The third-order valence-corrected chi connectivity index (χ3v) is 11.2. The number of aryl methyl sites for hydroxylation is 1. The monoisotopic (exact) mass is 725 g/mol. The van der Waals surface area contributed by atoms with Crippen molar-refractivity contribution < 1.29 is 8.53 Å². The van der Waals surface area contributed by atoms with Crippen LogP contribution >= 0.6 is 0 Å². The van der Waals surface area contributed by atoms with Crippen molar-refractivity contribution in [1.29, 1.82) is 0 Å². The van der Waals surface area contributed by atoms with Crippen molar-refractivity contribution in [2.24, 2.45) is 0 Å². The summed E-state index contributed by atoms with van der Waals surface area (Å²) >= 11 is 0. The quantitative estimate of drug-likeness (QED) is 0.171. The number of nitrogens with zero attached hydrogens (tertiary/aromatic N) is 2. The highest BCUT2D eigenvalue weighted by atomic mass is 16.3. The molecule has 0 amide bonds. The molecule has 278 valence electrons. The van der Waals surface area contributed by atoms with E-state index in [-0.39, 0.29) is 28.2 Å². The first-order chi connectivity index (χ1) is 27.3. The van der Waals surface area contributed by atoms with Crippen LogP contribution in [0.4, 0.5) is 0 Å². The van der Waals surface area contributed by atoms with Crippen LogP contribution in [0.3, 0.4) is 0 Å². The lowest BCUT2D eigenvalue weighted by atomic mass is 9.79. The molecule has 0 aliphatic carbocycles. The van der Waals surface area contributed by atoms with E-state index in [1.165, 1.54) is 33.4 Å². The molecule has 0 saturated carbocycles. The molecule has 2 aromatic heterocycles. The molecule has 6 aromatic carbocycles. The molecule has 8 rings (SSSR count). The van der Waals surface area contributed by atoms with Gasteiger partial charge in [0.15, 0.2) is 0 Å². The molecule has 0 unspecified atom stereocenters. The molecule has 0 spiro atoms. The van der Waals surface area contributed by atoms with Crippen molar-refractivity contribution in [1.82, 2.24) is 9.55 Å². The van der Waals surface area contributed by atoms with E-state index in [9.17, 15) is 0 Å². The third kappa shape index (κ3) is 6.48. The van der Waals surface area contributed by atoms with Crippen LogP contribution in [0.5, 0.6) is 0 Å². The van der Waals surface area contributed by atoms with Crippen molar-refractivity contribution in [2.45, 2.75) is 98.8 Å². The Morgan fingerprint density at radius 3 is 1.85 bits per heavy atom. The van der Waals surface area contributed by atoms with Gasteiger partial charge in [0.25, 0.3) is 0 Å². The van der Waals surface area contributed by atoms with Crippen molar-refractivity contribution in [2.75, 3.05) is 0 Å². The lowest BCUT2D eigenvalue weighted by Gasteiger charge is -2.26. The van der Waals surface area contributed by atoms with Gasteiger partial charge in [0.05, 0.1) is 22.3 Å². The molecular formula is C52H54N2O. The molecule has 0 N–H and O–H groups in total. The molecule has 0 saturated heterocycles. The highest BCUT2D eigenvalue weighted by molar-refractivity contribution is 6.12. The highest BCUT2D eigenvalue weighted by Gasteiger charge is 2.27. The molecule has 0 aliphatic rings. The molecule has 0 fully saturated rings. The minimum atomic E-state index is -2.36. The first-order valence-electron chi connectivity index (χ1n) is 21.2. The summed E-state index contributed by atoms with van der Waals surface area (Å²) in [5, 5.41) is 1.37. The number of benzene rings is 6. The summed E-state index contributed by atoms with van der Waals surface area (Å²) < 4.78 is 35.2. The van der Waals surface area contributed by atoms with Crippen molar-refractivity contribution in [3.05, 3.63) is 143 Å². The molecule has 0 aliphatic heterocycles. The number of imidazole rings is 1. The first-order valence-corrected chi connectivity index (χ1v) is 19.7. The Bertz CT molecular complexity index is 2780. The Morgan fingerprint density at radius 2 is 1.24 bits per heavy atom. The molecule has 3 heteroatoms. The van der Waals surface area contributed by atoms with Gasteiger partial charge in [-0.3, -0.25) is 4.57 Å². The van der Waals surface area contributed by atoms with E-state index >= 15 is 0 Å². The van der Waals surface area contributed by atoms with Gasteiger partial charge >= 0.3 is 0 Å². The minimum Gasteiger partial charge on any atom is -0.455 e. The number of rotatable bonds is 6. The minimum absolute atomic E-state index is 0.0405. The van der Waals surface area contributed by atoms with Gasteiger partial charge in [-0.15, -0.1) is 0 Å². The summed E-state index contributed by atoms with van der Waals surface area (Å²) in [7, 11) is 0. The molecule has 3 nitrogen and oxygen atoms in total. The SMILES string of the molecule is [2H]C([2H])([2H])c1ccc(-c2nc3ccccc3n2-c2c(C(C)C)cc(-c3ccccc3)cc2C(C)C)c2oc3cc(-c4cc(C(C)(C)C)cc(C(C)(C)C)c4)ccc3c12. The van der Waals surface area contributed by atoms with Crippen LogP contribution in [0, 0.1) is 6.85 Å². The Labute approximate surface area is 331 Å². The zero-order valence-electron chi connectivity index (χ0n) is 36.9. The molecule has 2 heterocycles. The van der Waals surface area contributed by atoms with Crippen molar-refractivity contribution in [3.8, 4) is 39.3 Å². The van der Waals surface area contributed by atoms with Gasteiger partial charge in [-0.25, -0.2) is 4.98 Å². The Morgan fingerprint density at radius 1 is 0.618 bits per heavy atom. The maximum absolute atomic E-state index is 8.66. The van der Waals surface area contributed by atoms with Crippen LogP contribution in [0.1, 0.15) is 113 Å². The number of hydrogen-bond acceptors (Lipinski definition) is 2. The number of hydrogen-bond donors (Lipinski definition) is 0. The maximum Gasteiger partial charge on any atom is 0.149 e. The van der Waals surface area contributed by atoms with Gasteiger partial charge in [-0.05, 0) is 122 Å². The lowest BCUT2D eigenvalue weighted by molar-refractivity contribution is 0.569.